The molecule has 0 aliphatic heterocycles. The highest BCUT2D eigenvalue weighted by molar-refractivity contribution is 6.02. The second kappa shape index (κ2) is 8.75. The summed E-state index contributed by atoms with van der Waals surface area (Å²) < 4.78 is 12.0. The molecule has 4 rings (SSSR count). The lowest BCUT2D eigenvalue weighted by atomic mass is 10.2. The number of nitrogens with one attached hydrogen (secondary N) is 2. The monoisotopic (exact) mass is 449 g/mol. The van der Waals surface area contributed by atoms with Gasteiger partial charge < -0.3 is 14.4 Å². The van der Waals surface area contributed by atoms with E-state index in [1.54, 1.807) is 61.7 Å². The largest absolute Gasteiger partial charge is 0.444 e. The van der Waals surface area contributed by atoms with E-state index < -0.39 is 17.6 Å². The number of aromatic nitrogens is 3. The highest BCUT2D eigenvalue weighted by atomic mass is 16.6. The standard InChI is InChI=1S/C23H23N5O5/c1-23(2,3)32-22(31)25-15-5-4-6-16(12-15)28-18-8-7-14(13-29)11-17(18)26-21(28)27-20(30)19-9-10-24-33-19/h4-12,29H,13H2,1-3H3,(H,25,31)(H,26,27,30). The van der Waals surface area contributed by atoms with Gasteiger partial charge in [0.15, 0.2) is 0 Å². The highest BCUT2D eigenvalue weighted by Gasteiger charge is 2.19. The van der Waals surface area contributed by atoms with Gasteiger partial charge in [-0.1, -0.05) is 17.3 Å². The predicted octanol–water partition coefficient (Wildman–Crippen LogP) is 4.11. The van der Waals surface area contributed by atoms with E-state index in [4.69, 9.17) is 9.26 Å². The molecule has 2 heterocycles. The smallest absolute Gasteiger partial charge is 0.412 e. The zero-order chi connectivity index (χ0) is 23.6. The molecule has 0 atom stereocenters. The number of carbonyl (C=O) groups is 2. The molecule has 0 aliphatic carbocycles. The van der Waals surface area contributed by atoms with Crippen molar-refractivity contribution in [3.63, 3.8) is 0 Å². The van der Waals surface area contributed by atoms with Crippen LogP contribution < -0.4 is 10.6 Å². The number of aliphatic hydroxyl groups excluding tert-OH is 1. The van der Waals surface area contributed by atoms with Crippen LogP contribution in [0.25, 0.3) is 16.7 Å². The lowest BCUT2D eigenvalue weighted by Crippen LogP contribution is -2.27. The van der Waals surface area contributed by atoms with Gasteiger partial charge in [0.05, 0.1) is 29.5 Å². The Bertz CT molecular complexity index is 1300. The molecule has 0 saturated carbocycles. The minimum atomic E-state index is -0.634. The van der Waals surface area contributed by atoms with E-state index in [9.17, 15) is 14.7 Å². The van der Waals surface area contributed by atoms with E-state index in [0.717, 1.165) is 0 Å². The van der Waals surface area contributed by atoms with Crippen molar-refractivity contribution in [1.82, 2.24) is 14.7 Å². The molecule has 33 heavy (non-hydrogen) atoms. The van der Waals surface area contributed by atoms with Crippen molar-refractivity contribution in [3.05, 3.63) is 66.1 Å². The molecule has 10 nitrogen and oxygen atoms in total. The van der Waals surface area contributed by atoms with Crippen molar-refractivity contribution in [3.8, 4) is 5.69 Å². The van der Waals surface area contributed by atoms with Crippen molar-refractivity contribution in [2.75, 3.05) is 10.6 Å². The number of nitrogens with zero attached hydrogens (tertiary/aromatic N) is 3. The van der Waals surface area contributed by atoms with Crippen molar-refractivity contribution < 1.29 is 24.0 Å². The van der Waals surface area contributed by atoms with Crippen LogP contribution in [0, 0.1) is 0 Å². The first-order valence-corrected chi connectivity index (χ1v) is 10.2. The molecule has 170 valence electrons. The lowest BCUT2D eigenvalue weighted by molar-refractivity contribution is 0.0635. The van der Waals surface area contributed by atoms with Gasteiger partial charge in [0.2, 0.25) is 11.7 Å². The first kappa shape index (κ1) is 22.0. The SMILES string of the molecule is CC(C)(C)OC(=O)Nc1cccc(-n2c(NC(=O)c3ccno3)nc3cc(CO)ccc32)c1. The Morgan fingerprint density at radius 2 is 1.94 bits per heavy atom. The van der Waals surface area contributed by atoms with E-state index in [0.29, 0.717) is 28.0 Å². The number of amides is 2. The van der Waals surface area contributed by atoms with Crippen LogP contribution in [-0.4, -0.2) is 37.4 Å². The predicted molar refractivity (Wildman–Crippen MR) is 121 cm³/mol. The number of hydrogen-bond donors (Lipinski definition) is 3. The molecule has 0 bridgehead atoms. The number of rotatable bonds is 5. The van der Waals surface area contributed by atoms with E-state index >= 15 is 0 Å². The minimum Gasteiger partial charge on any atom is -0.444 e. The zero-order valence-corrected chi connectivity index (χ0v) is 18.3. The number of carbonyl (C=O) groups excluding carboxylic acids is 2. The zero-order valence-electron chi connectivity index (χ0n) is 18.3. The average Bonchev–Trinajstić information content (AvgIpc) is 3.40. The fraction of sp³-hybridized carbons (Fsp3) is 0.217. The molecule has 0 saturated heterocycles. The summed E-state index contributed by atoms with van der Waals surface area (Å²) in [5, 5.41) is 18.5. The number of ether oxygens (including phenoxy) is 1. The quantitative estimate of drug-likeness (QED) is 0.418. The fourth-order valence-electron chi connectivity index (χ4n) is 3.21. The minimum absolute atomic E-state index is 0.0324. The van der Waals surface area contributed by atoms with Crippen molar-refractivity contribution in [1.29, 1.82) is 0 Å². The van der Waals surface area contributed by atoms with Gasteiger partial charge in [0.1, 0.15) is 5.60 Å². The molecule has 0 aliphatic rings. The maximum absolute atomic E-state index is 12.6. The van der Waals surface area contributed by atoms with Gasteiger partial charge >= 0.3 is 6.09 Å². The van der Waals surface area contributed by atoms with Gasteiger partial charge in [-0.25, -0.2) is 9.78 Å². The number of anilines is 2. The normalized spacial score (nSPS) is 11.4. The first-order valence-electron chi connectivity index (χ1n) is 10.2. The molecule has 2 aromatic heterocycles. The van der Waals surface area contributed by atoms with Gasteiger partial charge in [-0.2, -0.15) is 0 Å². The number of benzene rings is 2. The Morgan fingerprint density at radius 1 is 1.12 bits per heavy atom. The van der Waals surface area contributed by atoms with Gasteiger partial charge in [-0.3, -0.25) is 20.0 Å². The Labute approximate surface area is 189 Å². The third-order valence-corrected chi connectivity index (χ3v) is 4.54. The van der Waals surface area contributed by atoms with Crippen LogP contribution in [-0.2, 0) is 11.3 Å². The molecule has 4 aromatic rings. The fourth-order valence-corrected chi connectivity index (χ4v) is 3.21. The number of hydrogen-bond acceptors (Lipinski definition) is 7. The molecule has 2 aromatic carbocycles. The molecule has 2 amide bonds. The summed E-state index contributed by atoms with van der Waals surface area (Å²) in [6.07, 6.45) is 0.790. The van der Waals surface area contributed by atoms with E-state index in [1.165, 1.54) is 12.3 Å². The number of aliphatic hydroxyl groups is 1. The van der Waals surface area contributed by atoms with Crippen LogP contribution >= 0.6 is 0 Å². The summed E-state index contributed by atoms with van der Waals surface area (Å²) in [6, 6.07) is 13.8. The molecular formula is C23H23N5O5. The van der Waals surface area contributed by atoms with Gasteiger partial charge in [-0.15, -0.1) is 0 Å². The molecule has 0 unspecified atom stereocenters. The number of fused-ring (bicyclic) bond motifs is 1. The third kappa shape index (κ3) is 5.01. The van der Waals surface area contributed by atoms with E-state index in [2.05, 4.69) is 20.8 Å². The lowest BCUT2D eigenvalue weighted by Gasteiger charge is -2.20. The summed E-state index contributed by atoms with van der Waals surface area (Å²) in [5.41, 5.74) is 2.44. The molecular weight excluding hydrogens is 426 g/mol. The number of imidazole rings is 1. The van der Waals surface area contributed by atoms with Gasteiger partial charge in [0.25, 0.3) is 5.91 Å². The Hall–Kier alpha value is -4.18. The van der Waals surface area contributed by atoms with Crippen molar-refractivity contribution in [2.24, 2.45) is 0 Å². The summed E-state index contributed by atoms with van der Waals surface area (Å²) in [5.74, 6) is -0.254. The maximum Gasteiger partial charge on any atom is 0.412 e. The molecule has 10 heteroatoms. The molecule has 0 spiro atoms. The Balaban J connectivity index is 1.74. The second-order valence-electron chi connectivity index (χ2n) is 8.26. The second-order valence-corrected chi connectivity index (χ2v) is 8.26. The van der Waals surface area contributed by atoms with Crippen LogP contribution in [0.1, 0.15) is 36.9 Å². The van der Waals surface area contributed by atoms with E-state index in [-0.39, 0.29) is 18.3 Å². The van der Waals surface area contributed by atoms with Crippen molar-refractivity contribution >= 4 is 34.7 Å². The van der Waals surface area contributed by atoms with E-state index in [1.807, 2.05) is 6.07 Å². The van der Waals surface area contributed by atoms with Crippen LogP contribution in [0.4, 0.5) is 16.4 Å². The van der Waals surface area contributed by atoms with Crippen LogP contribution in [0.15, 0.2) is 59.3 Å². The first-order chi connectivity index (χ1) is 15.7. The summed E-state index contributed by atoms with van der Waals surface area (Å²) in [7, 11) is 0. The Kier molecular flexibility index (Phi) is 5.84. The van der Waals surface area contributed by atoms with Gasteiger partial charge in [-0.05, 0) is 56.7 Å². The van der Waals surface area contributed by atoms with Crippen molar-refractivity contribution in [2.45, 2.75) is 33.0 Å². The Morgan fingerprint density at radius 3 is 2.64 bits per heavy atom. The highest BCUT2D eigenvalue weighted by Crippen LogP contribution is 2.28. The third-order valence-electron chi connectivity index (χ3n) is 4.54. The summed E-state index contributed by atoms with van der Waals surface area (Å²) >= 11 is 0. The molecule has 0 radical (unpaired) electrons. The van der Waals surface area contributed by atoms with Crippen LogP contribution in [0.3, 0.4) is 0 Å². The maximum atomic E-state index is 12.6. The van der Waals surface area contributed by atoms with Crippen LogP contribution in [0.2, 0.25) is 0 Å². The van der Waals surface area contributed by atoms with Crippen LogP contribution in [0.5, 0.6) is 0 Å². The summed E-state index contributed by atoms with van der Waals surface area (Å²) in [6.45, 7) is 5.21. The summed E-state index contributed by atoms with van der Waals surface area (Å²) in [4.78, 5) is 29.3. The average molecular weight is 449 g/mol. The molecule has 3 N–H and O–H groups in total. The topological polar surface area (TPSA) is 132 Å². The van der Waals surface area contributed by atoms with Gasteiger partial charge in [0, 0.05) is 11.8 Å². The molecule has 0 fully saturated rings.